The summed E-state index contributed by atoms with van der Waals surface area (Å²) in [4.78, 5) is 7.06. The van der Waals surface area contributed by atoms with Crippen molar-refractivity contribution in [1.82, 2.24) is 9.97 Å². The number of aliphatic hydroxyl groups is 1. The average Bonchev–Trinajstić information content (AvgIpc) is 3.04. The predicted molar refractivity (Wildman–Crippen MR) is 84.1 cm³/mol. The minimum absolute atomic E-state index is 0.379. The number of nitrogens with one attached hydrogen (secondary N) is 2. The van der Waals surface area contributed by atoms with E-state index in [4.69, 9.17) is 0 Å². The molecule has 2 saturated carbocycles. The van der Waals surface area contributed by atoms with Gasteiger partial charge >= 0.3 is 0 Å². The molecule has 3 N–H and O–H groups in total. The number of aliphatic hydroxyl groups excluding tert-OH is 1. The molecule has 5 heteroatoms. The zero-order valence-electron chi connectivity index (χ0n) is 12.6. The Morgan fingerprint density at radius 1 is 1.29 bits per heavy atom. The molecule has 1 aromatic heterocycles. The first-order valence-electron chi connectivity index (χ1n) is 8.19. The largest absolute Gasteiger partial charge is 0.396 e. The van der Waals surface area contributed by atoms with Crippen molar-refractivity contribution in [2.24, 2.45) is 22.4 Å². The minimum Gasteiger partial charge on any atom is -0.396 e. The van der Waals surface area contributed by atoms with Crippen LogP contribution in [0.2, 0.25) is 0 Å². The van der Waals surface area contributed by atoms with Crippen molar-refractivity contribution in [3.8, 4) is 0 Å². The summed E-state index contributed by atoms with van der Waals surface area (Å²) in [6, 6.07) is 0. The van der Waals surface area contributed by atoms with Crippen molar-refractivity contribution >= 4 is 12.2 Å². The van der Waals surface area contributed by atoms with Gasteiger partial charge in [0.25, 0.3) is 0 Å². The number of hydrogen-bond acceptors (Lipinski definition) is 4. The van der Waals surface area contributed by atoms with Gasteiger partial charge in [-0.1, -0.05) is 0 Å². The fourth-order valence-corrected chi connectivity index (χ4v) is 3.90. The van der Waals surface area contributed by atoms with E-state index in [1.807, 2.05) is 0 Å². The van der Waals surface area contributed by atoms with Gasteiger partial charge in [0.1, 0.15) is 0 Å². The van der Waals surface area contributed by atoms with Gasteiger partial charge < -0.3 is 10.1 Å². The summed E-state index contributed by atoms with van der Waals surface area (Å²) in [5.41, 5.74) is 3.51. The molecule has 3 rings (SSSR count). The second-order valence-corrected chi connectivity index (χ2v) is 6.79. The average molecular weight is 290 g/mol. The lowest BCUT2D eigenvalue weighted by molar-refractivity contribution is 0.0674. The summed E-state index contributed by atoms with van der Waals surface area (Å²) in [5.74, 6) is 1.85. The molecule has 2 aliphatic rings. The van der Waals surface area contributed by atoms with E-state index in [1.54, 1.807) is 12.4 Å². The minimum atomic E-state index is 0.379. The van der Waals surface area contributed by atoms with Gasteiger partial charge in [-0.05, 0) is 68.6 Å². The molecule has 0 aromatic carbocycles. The molecule has 1 aromatic rings. The summed E-state index contributed by atoms with van der Waals surface area (Å²) in [7, 11) is 0. The van der Waals surface area contributed by atoms with Gasteiger partial charge in [-0.25, -0.2) is 10.4 Å². The maximum absolute atomic E-state index is 9.26. The Morgan fingerprint density at radius 2 is 2.00 bits per heavy atom. The maximum Gasteiger partial charge on any atom is 0.220 e. The van der Waals surface area contributed by atoms with Gasteiger partial charge in [0.2, 0.25) is 5.95 Å². The maximum atomic E-state index is 9.26. The summed E-state index contributed by atoms with van der Waals surface area (Å²) in [5, 5.41) is 13.6. The molecule has 0 aliphatic heterocycles. The Morgan fingerprint density at radius 3 is 2.62 bits per heavy atom. The van der Waals surface area contributed by atoms with Gasteiger partial charge in [0.05, 0.1) is 0 Å². The molecular weight excluding hydrogens is 264 g/mol. The van der Waals surface area contributed by atoms with E-state index in [2.05, 4.69) is 26.7 Å². The molecule has 0 atom stereocenters. The van der Waals surface area contributed by atoms with Crippen LogP contribution in [-0.4, -0.2) is 27.9 Å². The highest BCUT2D eigenvalue weighted by Crippen LogP contribution is 2.49. The van der Waals surface area contributed by atoms with E-state index < -0.39 is 0 Å². The van der Waals surface area contributed by atoms with Crippen molar-refractivity contribution < 1.29 is 5.11 Å². The molecule has 2 fully saturated rings. The van der Waals surface area contributed by atoms with Crippen LogP contribution < -0.4 is 5.43 Å². The van der Waals surface area contributed by atoms with Crippen LogP contribution in [0, 0.1) is 17.3 Å². The Balaban J connectivity index is 1.44. The van der Waals surface area contributed by atoms with E-state index in [0.717, 1.165) is 0 Å². The van der Waals surface area contributed by atoms with Crippen molar-refractivity contribution in [1.29, 1.82) is 0 Å². The van der Waals surface area contributed by atoms with Crippen LogP contribution in [0.15, 0.2) is 17.5 Å². The van der Waals surface area contributed by atoms with Crippen LogP contribution >= 0.6 is 0 Å². The summed E-state index contributed by atoms with van der Waals surface area (Å²) in [6.07, 6.45) is 15.7. The Kier molecular flexibility index (Phi) is 4.58. The summed E-state index contributed by atoms with van der Waals surface area (Å²) < 4.78 is 0. The molecule has 0 amide bonds. The first-order valence-corrected chi connectivity index (χ1v) is 8.19. The highest BCUT2D eigenvalue weighted by atomic mass is 16.3. The molecule has 0 radical (unpaired) electrons. The molecular formula is C16H26N4O. The molecule has 1 heterocycles. The van der Waals surface area contributed by atoms with Gasteiger partial charge in [-0.15, -0.1) is 0 Å². The third-order valence-corrected chi connectivity index (χ3v) is 5.47. The highest BCUT2D eigenvalue weighted by molar-refractivity contribution is 5.61. The molecule has 0 saturated heterocycles. The van der Waals surface area contributed by atoms with E-state index in [0.29, 0.717) is 29.8 Å². The SMILES string of the molecule is OCC1CCC2(CCC(C=NNc3ncc[nH]3)CC2)CC1. The monoisotopic (exact) mass is 290 g/mol. The van der Waals surface area contributed by atoms with Crippen molar-refractivity contribution in [3.63, 3.8) is 0 Å². The second-order valence-electron chi connectivity index (χ2n) is 6.79. The van der Waals surface area contributed by atoms with Gasteiger partial charge in [0, 0.05) is 25.2 Å². The standard InChI is InChI=1S/C16H26N4O/c21-12-14-3-7-16(8-4-14)5-1-13(2-6-16)11-19-20-15-17-9-10-18-15/h9-11,13-14,21H,1-8,12H2,(H2,17,18,20). The van der Waals surface area contributed by atoms with Crippen LogP contribution in [0.1, 0.15) is 51.4 Å². The van der Waals surface area contributed by atoms with Crippen molar-refractivity contribution in [3.05, 3.63) is 12.4 Å². The molecule has 116 valence electrons. The lowest BCUT2D eigenvalue weighted by atomic mass is 9.62. The van der Waals surface area contributed by atoms with Gasteiger partial charge in [0.15, 0.2) is 0 Å². The number of hydrazone groups is 1. The molecule has 21 heavy (non-hydrogen) atoms. The molecule has 0 bridgehead atoms. The number of anilines is 1. The Labute approximate surface area is 126 Å². The number of imidazole rings is 1. The third kappa shape index (κ3) is 3.64. The number of aromatic nitrogens is 2. The van der Waals surface area contributed by atoms with Crippen LogP contribution in [0.25, 0.3) is 0 Å². The first kappa shape index (κ1) is 14.6. The lowest BCUT2D eigenvalue weighted by Gasteiger charge is -2.44. The number of aromatic amines is 1. The summed E-state index contributed by atoms with van der Waals surface area (Å²) >= 11 is 0. The quantitative estimate of drug-likeness (QED) is 0.589. The summed E-state index contributed by atoms with van der Waals surface area (Å²) in [6.45, 7) is 0.379. The van der Waals surface area contributed by atoms with E-state index in [1.165, 1.54) is 51.4 Å². The van der Waals surface area contributed by atoms with Crippen LogP contribution in [0.3, 0.4) is 0 Å². The number of H-pyrrole nitrogens is 1. The molecule has 0 unspecified atom stereocenters. The highest BCUT2D eigenvalue weighted by Gasteiger charge is 2.37. The fraction of sp³-hybridized carbons (Fsp3) is 0.750. The Hall–Kier alpha value is -1.36. The topological polar surface area (TPSA) is 73.3 Å². The van der Waals surface area contributed by atoms with Gasteiger partial charge in [-0.3, -0.25) is 0 Å². The van der Waals surface area contributed by atoms with Crippen molar-refractivity contribution in [2.45, 2.75) is 51.4 Å². The second kappa shape index (κ2) is 6.60. The third-order valence-electron chi connectivity index (χ3n) is 5.47. The molecule has 1 spiro atoms. The van der Waals surface area contributed by atoms with Crippen LogP contribution in [-0.2, 0) is 0 Å². The normalized spacial score (nSPS) is 33.6. The zero-order chi connectivity index (χ0) is 14.5. The van der Waals surface area contributed by atoms with E-state index >= 15 is 0 Å². The van der Waals surface area contributed by atoms with E-state index in [-0.39, 0.29) is 0 Å². The lowest BCUT2D eigenvalue weighted by Crippen LogP contribution is -2.33. The zero-order valence-corrected chi connectivity index (χ0v) is 12.6. The molecule has 5 nitrogen and oxygen atoms in total. The predicted octanol–water partition coefficient (Wildman–Crippen LogP) is 3.17. The van der Waals surface area contributed by atoms with E-state index in [9.17, 15) is 5.11 Å². The molecule has 2 aliphatic carbocycles. The smallest absolute Gasteiger partial charge is 0.220 e. The van der Waals surface area contributed by atoms with Gasteiger partial charge in [-0.2, -0.15) is 5.10 Å². The number of nitrogens with zero attached hydrogens (tertiary/aromatic N) is 2. The van der Waals surface area contributed by atoms with Crippen LogP contribution in [0.4, 0.5) is 5.95 Å². The fourth-order valence-electron chi connectivity index (χ4n) is 3.90. The first-order chi connectivity index (χ1) is 10.3. The number of rotatable bonds is 4. The number of hydrogen-bond donors (Lipinski definition) is 3. The van der Waals surface area contributed by atoms with Crippen molar-refractivity contribution in [2.75, 3.05) is 12.0 Å². The Bertz CT molecular complexity index is 439. The van der Waals surface area contributed by atoms with Crippen LogP contribution in [0.5, 0.6) is 0 Å².